The number of benzene rings is 2. The third-order valence-electron chi connectivity index (χ3n) is 2.44. The molecule has 5 heteroatoms. The van der Waals surface area contributed by atoms with Crippen LogP contribution in [0.3, 0.4) is 0 Å². The Balaban J connectivity index is 2.03. The van der Waals surface area contributed by atoms with Gasteiger partial charge >= 0.3 is 5.97 Å². The molecule has 0 aliphatic carbocycles. The molecular formula is C14H11BrFNO2. The number of carbonyl (C=O) groups is 1. The molecule has 3 nitrogen and oxygen atoms in total. The molecule has 0 amide bonds. The lowest BCUT2D eigenvalue weighted by Gasteiger charge is -2.06. The molecule has 2 N–H and O–H groups in total. The number of esters is 1. The Morgan fingerprint density at radius 3 is 2.53 bits per heavy atom. The van der Waals surface area contributed by atoms with Crippen molar-refractivity contribution < 1.29 is 13.9 Å². The first-order valence-electron chi connectivity index (χ1n) is 5.52. The summed E-state index contributed by atoms with van der Waals surface area (Å²) in [6.07, 6.45) is 0. The van der Waals surface area contributed by atoms with Gasteiger partial charge in [-0.15, -0.1) is 0 Å². The van der Waals surface area contributed by atoms with E-state index in [0.717, 1.165) is 22.2 Å². The van der Waals surface area contributed by atoms with Crippen molar-refractivity contribution in [2.45, 2.75) is 6.61 Å². The van der Waals surface area contributed by atoms with Gasteiger partial charge in [0.1, 0.15) is 12.4 Å². The van der Waals surface area contributed by atoms with E-state index in [4.69, 9.17) is 10.5 Å². The summed E-state index contributed by atoms with van der Waals surface area (Å²) in [6.45, 7) is 0.128. The molecule has 0 heterocycles. The first-order chi connectivity index (χ1) is 9.04. The van der Waals surface area contributed by atoms with Crippen LogP contribution >= 0.6 is 15.9 Å². The van der Waals surface area contributed by atoms with Crippen molar-refractivity contribution in [3.63, 3.8) is 0 Å². The van der Waals surface area contributed by atoms with E-state index in [-0.39, 0.29) is 17.9 Å². The van der Waals surface area contributed by atoms with Gasteiger partial charge in [0.05, 0.1) is 5.56 Å². The molecule has 0 saturated heterocycles. The molecule has 0 atom stereocenters. The summed E-state index contributed by atoms with van der Waals surface area (Å²) >= 11 is 3.31. The SMILES string of the molecule is Nc1cc(F)cc(C(=O)OCc2ccc(Br)cc2)c1. The maximum atomic E-state index is 13.1. The molecule has 0 aromatic heterocycles. The number of rotatable bonds is 3. The summed E-state index contributed by atoms with van der Waals surface area (Å²) in [5, 5.41) is 0. The van der Waals surface area contributed by atoms with Crippen LogP contribution in [0.1, 0.15) is 15.9 Å². The minimum absolute atomic E-state index is 0.106. The molecule has 0 unspecified atom stereocenters. The highest BCUT2D eigenvalue weighted by molar-refractivity contribution is 9.10. The van der Waals surface area contributed by atoms with Crippen LogP contribution in [0.15, 0.2) is 46.9 Å². The van der Waals surface area contributed by atoms with Gasteiger partial charge in [0.25, 0.3) is 0 Å². The van der Waals surface area contributed by atoms with E-state index in [0.29, 0.717) is 0 Å². The molecule has 0 aliphatic heterocycles. The van der Waals surface area contributed by atoms with Gasteiger partial charge in [-0.05, 0) is 35.9 Å². The summed E-state index contributed by atoms with van der Waals surface area (Å²) in [4.78, 5) is 11.7. The van der Waals surface area contributed by atoms with Crippen molar-refractivity contribution in [3.05, 3.63) is 63.9 Å². The number of ether oxygens (including phenoxy) is 1. The number of nitrogen functional groups attached to an aromatic ring is 1. The van der Waals surface area contributed by atoms with E-state index in [1.165, 1.54) is 6.07 Å². The van der Waals surface area contributed by atoms with Gasteiger partial charge in [-0.3, -0.25) is 0 Å². The van der Waals surface area contributed by atoms with Crippen molar-refractivity contribution in [1.29, 1.82) is 0 Å². The molecule has 0 saturated carbocycles. The monoisotopic (exact) mass is 323 g/mol. The predicted octanol–water partition coefficient (Wildman–Crippen LogP) is 3.53. The quantitative estimate of drug-likeness (QED) is 0.694. The Morgan fingerprint density at radius 2 is 1.89 bits per heavy atom. The van der Waals surface area contributed by atoms with Crippen LogP contribution in [0.4, 0.5) is 10.1 Å². The average molecular weight is 324 g/mol. The zero-order valence-corrected chi connectivity index (χ0v) is 11.5. The Kier molecular flexibility index (Phi) is 4.16. The fourth-order valence-corrected chi connectivity index (χ4v) is 1.81. The average Bonchev–Trinajstić information content (AvgIpc) is 2.36. The number of anilines is 1. The van der Waals surface area contributed by atoms with Gasteiger partial charge in [0.15, 0.2) is 0 Å². The molecule has 0 aliphatic rings. The van der Waals surface area contributed by atoms with Crippen molar-refractivity contribution >= 4 is 27.6 Å². The van der Waals surface area contributed by atoms with Crippen LogP contribution in [0.25, 0.3) is 0 Å². The molecule has 2 rings (SSSR count). The molecule has 2 aromatic carbocycles. The van der Waals surface area contributed by atoms with E-state index in [1.807, 2.05) is 24.3 Å². The Labute approximate surface area is 118 Å². The molecule has 2 aromatic rings. The minimum Gasteiger partial charge on any atom is -0.457 e. The zero-order chi connectivity index (χ0) is 13.8. The molecular weight excluding hydrogens is 313 g/mol. The summed E-state index contributed by atoms with van der Waals surface area (Å²) < 4.78 is 19.1. The summed E-state index contributed by atoms with van der Waals surface area (Å²) in [5.41, 5.74) is 6.61. The largest absolute Gasteiger partial charge is 0.457 e. The Bertz CT molecular complexity index is 579. The highest BCUT2D eigenvalue weighted by atomic mass is 79.9. The topological polar surface area (TPSA) is 52.3 Å². The molecule has 19 heavy (non-hydrogen) atoms. The van der Waals surface area contributed by atoms with Gasteiger partial charge < -0.3 is 10.5 Å². The molecule has 0 spiro atoms. The van der Waals surface area contributed by atoms with Crippen LogP contribution in [0.5, 0.6) is 0 Å². The molecule has 0 bridgehead atoms. The summed E-state index contributed by atoms with van der Waals surface area (Å²) in [5.74, 6) is -1.16. The van der Waals surface area contributed by atoms with Gasteiger partial charge in [-0.1, -0.05) is 28.1 Å². The van der Waals surface area contributed by atoms with E-state index in [1.54, 1.807) is 0 Å². The fraction of sp³-hybridized carbons (Fsp3) is 0.0714. The highest BCUT2D eigenvalue weighted by Crippen LogP contribution is 2.14. The zero-order valence-electron chi connectivity index (χ0n) is 9.90. The minimum atomic E-state index is -0.603. The second-order valence-electron chi connectivity index (χ2n) is 3.98. The van der Waals surface area contributed by atoms with E-state index in [9.17, 15) is 9.18 Å². The Hall–Kier alpha value is -1.88. The first kappa shape index (κ1) is 13.5. The van der Waals surface area contributed by atoms with Crippen molar-refractivity contribution in [2.24, 2.45) is 0 Å². The van der Waals surface area contributed by atoms with Crippen LogP contribution in [0.2, 0.25) is 0 Å². The second kappa shape index (κ2) is 5.84. The maximum Gasteiger partial charge on any atom is 0.338 e. The number of halogens is 2. The van der Waals surface area contributed by atoms with Gasteiger partial charge in [0, 0.05) is 10.2 Å². The van der Waals surface area contributed by atoms with Gasteiger partial charge in [-0.2, -0.15) is 0 Å². The normalized spacial score (nSPS) is 10.2. The number of nitrogens with two attached hydrogens (primary N) is 1. The van der Waals surface area contributed by atoms with Crippen molar-refractivity contribution in [2.75, 3.05) is 5.73 Å². The smallest absolute Gasteiger partial charge is 0.338 e. The van der Waals surface area contributed by atoms with Crippen molar-refractivity contribution in [1.82, 2.24) is 0 Å². The molecule has 0 fully saturated rings. The second-order valence-corrected chi connectivity index (χ2v) is 4.89. The lowest BCUT2D eigenvalue weighted by Crippen LogP contribution is -2.06. The van der Waals surface area contributed by atoms with E-state index >= 15 is 0 Å². The van der Waals surface area contributed by atoms with E-state index in [2.05, 4.69) is 15.9 Å². The van der Waals surface area contributed by atoms with Gasteiger partial charge in [0.2, 0.25) is 0 Å². The summed E-state index contributed by atoms with van der Waals surface area (Å²) in [7, 11) is 0. The lowest BCUT2D eigenvalue weighted by atomic mass is 10.2. The molecule has 98 valence electrons. The standard InChI is InChI=1S/C14H11BrFNO2/c15-11-3-1-9(2-4-11)8-19-14(18)10-5-12(16)7-13(17)6-10/h1-7H,8,17H2. The fourth-order valence-electron chi connectivity index (χ4n) is 1.54. The third-order valence-corrected chi connectivity index (χ3v) is 2.97. The number of hydrogen-bond acceptors (Lipinski definition) is 3. The van der Waals surface area contributed by atoms with Crippen LogP contribution < -0.4 is 5.73 Å². The Morgan fingerprint density at radius 1 is 1.21 bits per heavy atom. The maximum absolute atomic E-state index is 13.1. The summed E-state index contributed by atoms with van der Waals surface area (Å²) in [6, 6.07) is 11.0. The van der Waals surface area contributed by atoms with Crippen LogP contribution in [-0.4, -0.2) is 5.97 Å². The van der Waals surface area contributed by atoms with E-state index < -0.39 is 11.8 Å². The van der Waals surface area contributed by atoms with Crippen LogP contribution in [-0.2, 0) is 11.3 Å². The number of hydrogen-bond donors (Lipinski definition) is 1. The lowest BCUT2D eigenvalue weighted by molar-refractivity contribution is 0.0472. The van der Waals surface area contributed by atoms with Gasteiger partial charge in [-0.25, -0.2) is 9.18 Å². The van der Waals surface area contributed by atoms with Crippen LogP contribution in [0, 0.1) is 5.82 Å². The predicted molar refractivity (Wildman–Crippen MR) is 74.1 cm³/mol. The highest BCUT2D eigenvalue weighted by Gasteiger charge is 2.09. The molecule has 0 radical (unpaired) electrons. The third kappa shape index (κ3) is 3.79. The first-order valence-corrected chi connectivity index (χ1v) is 6.31. The van der Waals surface area contributed by atoms with Crippen molar-refractivity contribution in [3.8, 4) is 0 Å². The number of carbonyl (C=O) groups excluding carboxylic acids is 1.